The van der Waals surface area contributed by atoms with Gasteiger partial charge in [-0.1, -0.05) is 51.3 Å². The van der Waals surface area contributed by atoms with Crippen molar-refractivity contribution in [2.45, 2.75) is 122 Å². The molecule has 0 spiro atoms. The SMILES string of the molecule is CC(C)N(C)C(=O)CCCCCCCOc1ccc([C@H]2C[C@@]3(C)C(CC[C@@H]3O)[C@]3(C)CCc4cc(OS(N)(=O)=O)ccc4C23)cc1. The highest BCUT2D eigenvalue weighted by molar-refractivity contribution is 7.84. The van der Waals surface area contributed by atoms with Gasteiger partial charge in [-0.2, -0.15) is 13.6 Å². The summed E-state index contributed by atoms with van der Waals surface area (Å²) in [5.41, 5.74) is 3.46. The van der Waals surface area contributed by atoms with Crippen LogP contribution in [-0.2, 0) is 21.5 Å². The quantitative estimate of drug-likeness (QED) is 0.228. The molecule has 2 aromatic rings. The summed E-state index contributed by atoms with van der Waals surface area (Å²) in [7, 11) is -2.22. The second-order valence-electron chi connectivity index (χ2n) is 14.9. The fraction of sp³-hybridized carbons (Fsp3) is 0.649. The molecule has 1 amide bonds. The summed E-state index contributed by atoms with van der Waals surface area (Å²) in [5, 5.41) is 16.4. The summed E-state index contributed by atoms with van der Waals surface area (Å²) in [5.74, 6) is 2.19. The summed E-state index contributed by atoms with van der Waals surface area (Å²) < 4.78 is 34.4. The molecule has 2 aromatic carbocycles. The maximum Gasteiger partial charge on any atom is 0.380 e. The van der Waals surface area contributed by atoms with Gasteiger partial charge in [-0.3, -0.25) is 4.79 Å². The fourth-order valence-electron chi connectivity index (χ4n) is 9.12. The Hall–Kier alpha value is -2.62. The zero-order valence-corrected chi connectivity index (χ0v) is 29.2. The second kappa shape index (κ2) is 13.9. The molecule has 0 radical (unpaired) electrons. The van der Waals surface area contributed by atoms with Gasteiger partial charge in [0.2, 0.25) is 5.91 Å². The largest absolute Gasteiger partial charge is 0.494 e. The van der Waals surface area contributed by atoms with Crippen molar-refractivity contribution in [2.75, 3.05) is 13.7 Å². The normalized spacial score (nSPS) is 28.7. The van der Waals surface area contributed by atoms with Gasteiger partial charge in [-0.25, -0.2) is 0 Å². The number of benzene rings is 2. The number of nitrogens with two attached hydrogens (primary N) is 1. The number of aliphatic hydroxyl groups is 1. The van der Waals surface area contributed by atoms with Crippen LogP contribution in [0.2, 0.25) is 0 Å². The van der Waals surface area contributed by atoms with E-state index >= 15 is 0 Å². The molecule has 5 rings (SSSR count). The molecule has 2 saturated carbocycles. The highest BCUT2D eigenvalue weighted by Crippen LogP contribution is 2.70. The van der Waals surface area contributed by atoms with Gasteiger partial charge in [0.15, 0.2) is 0 Å². The van der Waals surface area contributed by atoms with Crippen molar-refractivity contribution < 1.29 is 27.2 Å². The molecule has 8 nitrogen and oxygen atoms in total. The molecule has 3 aliphatic carbocycles. The minimum atomic E-state index is -4.10. The fourth-order valence-corrected chi connectivity index (χ4v) is 9.50. The average Bonchev–Trinajstić information content (AvgIpc) is 3.31. The molecular weight excluding hydrogens is 600 g/mol. The van der Waals surface area contributed by atoms with Crippen molar-refractivity contribution in [1.29, 1.82) is 0 Å². The maximum absolute atomic E-state index is 12.1. The Morgan fingerprint density at radius 1 is 1.00 bits per heavy atom. The van der Waals surface area contributed by atoms with Crippen LogP contribution in [0.15, 0.2) is 42.5 Å². The summed E-state index contributed by atoms with van der Waals surface area (Å²) in [6.45, 7) is 9.46. The van der Waals surface area contributed by atoms with Gasteiger partial charge in [-0.05, 0) is 128 Å². The number of aryl methyl sites for hydroxylation is 1. The third-order valence-electron chi connectivity index (χ3n) is 11.7. The Kier molecular flexibility index (Phi) is 10.5. The summed E-state index contributed by atoms with van der Waals surface area (Å²) >= 11 is 0. The molecule has 3 N–H and O–H groups in total. The minimum Gasteiger partial charge on any atom is -0.494 e. The van der Waals surface area contributed by atoms with Crippen LogP contribution in [-0.4, -0.2) is 50.1 Å². The zero-order chi connectivity index (χ0) is 33.3. The molecule has 2 unspecified atom stereocenters. The van der Waals surface area contributed by atoms with Crippen molar-refractivity contribution in [3.63, 3.8) is 0 Å². The van der Waals surface area contributed by atoms with Gasteiger partial charge in [0.25, 0.3) is 0 Å². The second-order valence-corrected chi connectivity index (χ2v) is 16.1. The van der Waals surface area contributed by atoms with Crippen LogP contribution >= 0.6 is 0 Å². The smallest absolute Gasteiger partial charge is 0.380 e. The molecule has 46 heavy (non-hydrogen) atoms. The van der Waals surface area contributed by atoms with Crippen molar-refractivity contribution in [2.24, 2.45) is 21.9 Å². The number of carbonyl (C=O) groups is 1. The monoisotopic (exact) mass is 654 g/mol. The van der Waals surface area contributed by atoms with Gasteiger partial charge < -0.3 is 18.9 Å². The molecule has 0 aromatic heterocycles. The first-order valence-corrected chi connectivity index (χ1v) is 18.7. The predicted molar refractivity (Wildman–Crippen MR) is 181 cm³/mol. The number of rotatable bonds is 13. The number of aliphatic hydroxyl groups excluding tert-OH is 1. The van der Waals surface area contributed by atoms with Crippen molar-refractivity contribution in [3.8, 4) is 11.5 Å². The number of fused-ring (bicyclic) bond motifs is 5. The molecule has 0 bridgehead atoms. The summed E-state index contributed by atoms with van der Waals surface area (Å²) in [6.07, 6.45) is 10.0. The Morgan fingerprint density at radius 3 is 2.37 bits per heavy atom. The van der Waals surface area contributed by atoms with Gasteiger partial charge in [0.05, 0.1) is 12.7 Å². The lowest BCUT2D eigenvalue weighted by Gasteiger charge is -2.60. The lowest BCUT2D eigenvalue weighted by molar-refractivity contribution is -0.131. The van der Waals surface area contributed by atoms with Crippen molar-refractivity contribution in [1.82, 2.24) is 4.90 Å². The number of amides is 1. The third kappa shape index (κ3) is 7.26. The molecule has 0 heterocycles. The average molecular weight is 655 g/mol. The topological polar surface area (TPSA) is 119 Å². The van der Waals surface area contributed by atoms with Crippen molar-refractivity contribution in [3.05, 3.63) is 59.2 Å². The minimum absolute atomic E-state index is 0.00271. The van der Waals surface area contributed by atoms with E-state index in [2.05, 4.69) is 38.1 Å². The van der Waals surface area contributed by atoms with E-state index in [1.54, 1.807) is 6.07 Å². The molecule has 0 aliphatic heterocycles. The Balaban J connectivity index is 1.24. The number of ether oxygens (including phenoxy) is 1. The van der Waals surface area contributed by atoms with Gasteiger partial charge in [0, 0.05) is 19.5 Å². The molecule has 0 saturated heterocycles. The van der Waals surface area contributed by atoms with E-state index in [0.29, 0.717) is 18.9 Å². The van der Waals surface area contributed by atoms with E-state index in [4.69, 9.17) is 14.1 Å². The van der Waals surface area contributed by atoms with E-state index in [1.165, 1.54) is 11.1 Å². The lowest BCUT2D eigenvalue weighted by Crippen LogP contribution is -2.52. The predicted octanol–water partition coefficient (Wildman–Crippen LogP) is 6.86. The molecular formula is C37H54N2O6S. The van der Waals surface area contributed by atoms with Crippen LogP contribution < -0.4 is 14.1 Å². The van der Waals surface area contributed by atoms with Gasteiger partial charge in [0.1, 0.15) is 11.5 Å². The molecule has 2 fully saturated rings. The van der Waals surface area contributed by atoms with Crippen LogP contribution in [0.25, 0.3) is 0 Å². The highest BCUT2D eigenvalue weighted by Gasteiger charge is 2.62. The summed E-state index contributed by atoms with van der Waals surface area (Å²) in [6, 6.07) is 14.4. The van der Waals surface area contributed by atoms with Crippen LogP contribution in [0.5, 0.6) is 11.5 Å². The van der Waals surface area contributed by atoms with Gasteiger partial charge in [-0.15, -0.1) is 0 Å². The zero-order valence-electron chi connectivity index (χ0n) is 28.3. The highest BCUT2D eigenvalue weighted by atomic mass is 32.2. The first-order valence-electron chi connectivity index (χ1n) is 17.2. The van der Waals surface area contributed by atoms with E-state index < -0.39 is 10.3 Å². The Bertz CT molecular complexity index is 1480. The number of unbranched alkanes of at least 4 members (excludes halogenated alkanes) is 4. The Morgan fingerprint density at radius 2 is 1.67 bits per heavy atom. The van der Waals surface area contributed by atoms with Gasteiger partial charge >= 0.3 is 10.3 Å². The van der Waals surface area contributed by atoms with Crippen LogP contribution in [0.3, 0.4) is 0 Å². The van der Waals surface area contributed by atoms with Crippen LogP contribution in [0, 0.1) is 16.7 Å². The van der Waals surface area contributed by atoms with E-state index in [-0.39, 0.29) is 46.5 Å². The third-order valence-corrected chi connectivity index (χ3v) is 12.2. The lowest BCUT2D eigenvalue weighted by atomic mass is 9.44. The summed E-state index contributed by atoms with van der Waals surface area (Å²) in [4.78, 5) is 14.0. The number of carbonyl (C=O) groups excluding carboxylic acids is 1. The number of hydrogen-bond donors (Lipinski definition) is 2. The molecule has 6 atom stereocenters. The maximum atomic E-state index is 12.1. The van der Waals surface area contributed by atoms with Crippen LogP contribution in [0.1, 0.15) is 120 Å². The number of nitrogens with zero attached hydrogens (tertiary/aromatic N) is 1. The first kappa shape index (κ1) is 34.7. The number of hydrogen-bond acceptors (Lipinski definition) is 6. The van der Waals surface area contributed by atoms with E-state index in [9.17, 15) is 18.3 Å². The first-order chi connectivity index (χ1) is 21.7. The van der Waals surface area contributed by atoms with E-state index in [1.807, 2.05) is 37.9 Å². The molecule has 254 valence electrons. The van der Waals surface area contributed by atoms with Crippen LogP contribution in [0.4, 0.5) is 0 Å². The Labute approximate surface area is 276 Å². The van der Waals surface area contributed by atoms with E-state index in [0.717, 1.165) is 75.5 Å². The molecule has 3 aliphatic rings. The van der Waals surface area contributed by atoms with Crippen molar-refractivity contribution >= 4 is 16.2 Å². The standard InChI is InChI=1S/C37H54N2O6S/c1-25(2)39(5)34(41)11-9-7-6-8-10-22-44-28-14-12-26(13-15-28)31-24-37(4)32(18-19-33(37)40)36(3)21-20-27-23-29(45-46(38,42)43)16-17-30(27)35(31)36/h12-17,23,25,31-33,35,40H,6-11,18-22,24H2,1-5H3,(H2,38,42,43)/t31-,32?,33+,35?,36+,37+/m1/s1. The molecule has 9 heteroatoms.